The van der Waals surface area contributed by atoms with E-state index in [0.717, 1.165) is 24.0 Å². The lowest BCUT2D eigenvalue weighted by Gasteiger charge is -2.28. The highest BCUT2D eigenvalue weighted by molar-refractivity contribution is 5.79. The fourth-order valence-corrected chi connectivity index (χ4v) is 3.13. The first-order valence-electron chi connectivity index (χ1n) is 8.48. The maximum Gasteiger partial charge on any atom is 0.191 e. The van der Waals surface area contributed by atoms with Gasteiger partial charge in [-0.3, -0.25) is 4.99 Å². The number of hydrogen-bond donors (Lipinski definition) is 2. The largest absolute Gasteiger partial charge is 0.359 e. The van der Waals surface area contributed by atoms with Crippen LogP contribution in [-0.2, 0) is 6.54 Å². The van der Waals surface area contributed by atoms with E-state index in [1.165, 1.54) is 32.1 Å². The molecule has 0 spiro atoms. The van der Waals surface area contributed by atoms with Crippen LogP contribution < -0.4 is 10.6 Å². The molecule has 2 N–H and O–H groups in total. The number of aliphatic imine (C=N–C) groups is 1. The molecule has 0 atom stereocenters. The van der Waals surface area contributed by atoms with Crippen molar-refractivity contribution < 1.29 is 4.52 Å². The summed E-state index contributed by atoms with van der Waals surface area (Å²) >= 11 is 0. The van der Waals surface area contributed by atoms with Crippen LogP contribution in [0.3, 0.4) is 0 Å². The molecule has 1 aromatic heterocycles. The van der Waals surface area contributed by atoms with Gasteiger partial charge in [0, 0.05) is 19.7 Å². The van der Waals surface area contributed by atoms with Crippen molar-refractivity contribution in [3.63, 3.8) is 0 Å². The van der Waals surface area contributed by atoms with Crippen molar-refractivity contribution >= 4 is 5.96 Å². The fourth-order valence-electron chi connectivity index (χ4n) is 3.13. The summed E-state index contributed by atoms with van der Waals surface area (Å²) in [6, 6.07) is 2.01. The summed E-state index contributed by atoms with van der Waals surface area (Å²) in [6.45, 7) is 8.13. The quantitative estimate of drug-likeness (QED) is 0.624. The molecule has 1 heterocycles. The smallest absolute Gasteiger partial charge is 0.191 e. The van der Waals surface area contributed by atoms with Gasteiger partial charge in [-0.1, -0.05) is 38.8 Å². The molecule has 0 aliphatic heterocycles. The van der Waals surface area contributed by atoms with E-state index < -0.39 is 0 Å². The second kappa shape index (κ2) is 7.65. The Hall–Kier alpha value is -1.52. The molecule has 0 unspecified atom stereocenters. The molecule has 2 rings (SSSR count). The molecule has 1 fully saturated rings. The lowest BCUT2D eigenvalue weighted by Crippen LogP contribution is -2.42. The Balaban J connectivity index is 1.82. The first-order chi connectivity index (χ1) is 10.6. The number of hydrogen-bond acceptors (Lipinski definition) is 3. The highest BCUT2D eigenvalue weighted by Crippen LogP contribution is 2.40. The summed E-state index contributed by atoms with van der Waals surface area (Å²) in [5.41, 5.74) is 1.45. The predicted molar refractivity (Wildman–Crippen MR) is 90.0 cm³/mol. The monoisotopic (exact) mass is 306 g/mol. The van der Waals surface area contributed by atoms with Crippen LogP contribution in [-0.4, -0.2) is 24.7 Å². The van der Waals surface area contributed by atoms with Crippen LogP contribution in [0.4, 0.5) is 0 Å². The fraction of sp³-hybridized carbons (Fsp3) is 0.765. The maximum absolute atomic E-state index is 5.34. The van der Waals surface area contributed by atoms with Crippen molar-refractivity contribution in [1.82, 2.24) is 15.8 Å². The number of guanidine groups is 1. The number of nitrogens with one attached hydrogen (secondary N) is 2. The standard InChI is InChI=1S/C17H30N4O/c1-5-17(8-6-7-9-17)12-20-16(18-4)19-11-14-10-15(13(2)3)21-22-14/h10,13H,5-9,11-12H2,1-4H3,(H2,18,19,20). The number of rotatable bonds is 6. The molecule has 1 aromatic rings. The van der Waals surface area contributed by atoms with E-state index in [4.69, 9.17) is 4.52 Å². The number of nitrogens with zero attached hydrogens (tertiary/aromatic N) is 2. The summed E-state index contributed by atoms with van der Waals surface area (Å²) in [7, 11) is 1.81. The molecule has 1 aliphatic carbocycles. The van der Waals surface area contributed by atoms with Gasteiger partial charge in [-0.15, -0.1) is 0 Å². The van der Waals surface area contributed by atoms with Gasteiger partial charge >= 0.3 is 0 Å². The molecule has 0 radical (unpaired) electrons. The zero-order valence-corrected chi connectivity index (χ0v) is 14.4. The van der Waals surface area contributed by atoms with E-state index >= 15 is 0 Å². The topological polar surface area (TPSA) is 62.5 Å². The molecule has 0 saturated heterocycles. The van der Waals surface area contributed by atoms with Crippen LogP contribution in [0, 0.1) is 5.41 Å². The van der Waals surface area contributed by atoms with Gasteiger partial charge in [-0.2, -0.15) is 0 Å². The zero-order chi connectivity index (χ0) is 16.0. The molecule has 124 valence electrons. The molecule has 5 heteroatoms. The molecule has 1 aliphatic rings. The van der Waals surface area contributed by atoms with E-state index in [1.807, 2.05) is 13.1 Å². The normalized spacial score (nSPS) is 18.0. The minimum absolute atomic E-state index is 0.390. The third-order valence-corrected chi connectivity index (χ3v) is 4.87. The van der Waals surface area contributed by atoms with Crippen molar-refractivity contribution in [3.8, 4) is 0 Å². The third-order valence-electron chi connectivity index (χ3n) is 4.87. The Morgan fingerprint density at radius 1 is 1.36 bits per heavy atom. The van der Waals surface area contributed by atoms with E-state index in [9.17, 15) is 0 Å². The molecule has 0 amide bonds. The second-order valence-corrected chi connectivity index (χ2v) is 6.71. The summed E-state index contributed by atoms with van der Waals surface area (Å²) in [5, 5.41) is 10.9. The SMILES string of the molecule is CCC1(CNC(=NC)NCc2cc(C(C)C)no2)CCCC1. The molecule has 0 bridgehead atoms. The molecule has 0 aromatic carbocycles. The van der Waals surface area contributed by atoms with Crippen LogP contribution in [0.5, 0.6) is 0 Å². The zero-order valence-electron chi connectivity index (χ0n) is 14.4. The van der Waals surface area contributed by atoms with Gasteiger partial charge in [-0.05, 0) is 30.6 Å². The first-order valence-corrected chi connectivity index (χ1v) is 8.48. The van der Waals surface area contributed by atoms with Gasteiger partial charge in [0.25, 0.3) is 0 Å². The van der Waals surface area contributed by atoms with E-state index in [-0.39, 0.29) is 0 Å². The predicted octanol–water partition coefficient (Wildman–Crippen LogP) is 3.43. The first kappa shape index (κ1) is 16.8. The molecule has 22 heavy (non-hydrogen) atoms. The van der Waals surface area contributed by atoms with Crippen molar-refractivity contribution in [2.75, 3.05) is 13.6 Å². The van der Waals surface area contributed by atoms with Gasteiger partial charge in [-0.25, -0.2) is 0 Å². The van der Waals surface area contributed by atoms with Crippen molar-refractivity contribution in [2.45, 2.75) is 65.3 Å². The van der Waals surface area contributed by atoms with Crippen LogP contribution in [0.2, 0.25) is 0 Å². The van der Waals surface area contributed by atoms with Gasteiger partial charge in [0.15, 0.2) is 11.7 Å². The van der Waals surface area contributed by atoms with E-state index in [2.05, 4.69) is 41.6 Å². The summed E-state index contributed by atoms with van der Waals surface area (Å²) in [4.78, 5) is 4.30. The average molecular weight is 306 g/mol. The molecular weight excluding hydrogens is 276 g/mol. The van der Waals surface area contributed by atoms with Gasteiger partial charge < -0.3 is 15.2 Å². The van der Waals surface area contributed by atoms with Crippen LogP contribution in [0.25, 0.3) is 0 Å². The van der Waals surface area contributed by atoms with Crippen LogP contribution >= 0.6 is 0 Å². The van der Waals surface area contributed by atoms with Crippen LogP contribution in [0.15, 0.2) is 15.6 Å². The Morgan fingerprint density at radius 3 is 2.64 bits per heavy atom. The molecule has 5 nitrogen and oxygen atoms in total. The summed E-state index contributed by atoms with van der Waals surface area (Å²) in [6.07, 6.45) is 6.60. The van der Waals surface area contributed by atoms with Gasteiger partial charge in [0.2, 0.25) is 0 Å². The van der Waals surface area contributed by atoms with Crippen LogP contribution in [0.1, 0.15) is 70.2 Å². The summed E-state index contributed by atoms with van der Waals surface area (Å²) in [5.74, 6) is 2.07. The Morgan fingerprint density at radius 2 is 2.09 bits per heavy atom. The van der Waals surface area contributed by atoms with Gasteiger partial charge in [0.1, 0.15) is 0 Å². The van der Waals surface area contributed by atoms with Gasteiger partial charge in [0.05, 0.1) is 12.2 Å². The van der Waals surface area contributed by atoms with Crippen molar-refractivity contribution in [2.24, 2.45) is 10.4 Å². The lowest BCUT2D eigenvalue weighted by molar-refractivity contribution is 0.283. The second-order valence-electron chi connectivity index (χ2n) is 6.71. The summed E-state index contributed by atoms with van der Waals surface area (Å²) < 4.78 is 5.34. The average Bonchev–Trinajstić information content (AvgIpc) is 3.17. The minimum atomic E-state index is 0.390. The molecular formula is C17H30N4O. The number of aromatic nitrogens is 1. The third kappa shape index (κ3) is 4.24. The Labute approximate surface area is 133 Å². The highest BCUT2D eigenvalue weighted by atomic mass is 16.5. The lowest BCUT2D eigenvalue weighted by atomic mass is 9.83. The molecule has 1 saturated carbocycles. The van der Waals surface area contributed by atoms with Crippen molar-refractivity contribution in [3.05, 3.63) is 17.5 Å². The minimum Gasteiger partial charge on any atom is -0.359 e. The van der Waals surface area contributed by atoms with Crippen molar-refractivity contribution in [1.29, 1.82) is 0 Å². The highest BCUT2D eigenvalue weighted by Gasteiger charge is 2.31. The van der Waals surface area contributed by atoms with E-state index in [0.29, 0.717) is 17.9 Å². The Kier molecular flexibility index (Phi) is 5.86. The Bertz CT molecular complexity index is 487. The maximum atomic E-state index is 5.34. The van der Waals surface area contributed by atoms with E-state index in [1.54, 1.807) is 0 Å².